The molecule has 0 spiro atoms. The van der Waals surface area contributed by atoms with Crippen molar-refractivity contribution in [1.29, 1.82) is 0 Å². The van der Waals surface area contributed by atoms with Crippen LogP contribution in [-0.4, -0.2) is 6.54 Å². The molecule has 1 aromatic carbocycles. The monoisotopic (exact) mass is 206 g/mol. The van der Waals surface area contributed by atoms with Crippen molar-refractivity contribution in [2.75, 3.05) is 17.6 Å². The number of benzene rings is 1. The number of hydrogen-bond donors (Lipinski definition) is 2. The lowest BCUT2D eigenvalue weighted by Gasteiger charge is -2.18. The van der Waals surface area contributed by atoms with Gasteiger partial charge in [0.15, 0.2) is 0 Å². The number of anilines is 2. The Bertz CT molecular complexity index is 318. The van der Waals surface area contributed by atoms with Crippen LogP contribution in [0.15, 0.2) is 18.2 Å². The Morgan fingerprint density at radius 2 is 1.93 bits per heavy atom. The molecule has 0 fully saturated rings. The Hall–Kier alpha value is -1.18. The van der Waals surface area contributed by atoms with Gasteiger partial charge in [-0.1, -0.05) is 20.8 Å². The Labute approximate surface area is 92.9 Å². The first-order valence-electron chi connectivity index (χ1n) is 5.60. The second-order valence-electron chi connectivity index (χ2n) is 4.68. The molecule has 0 aromatic heterocycles. The highest BCUT2D eigenvalue weighted by atomic mass is 14.9. The fourth-order valence-electron chi connectivity index (χ4n) is 1.39. The third-order valence-corrected chi connectivity index (χ3v) is 3.00. The van der Waals surface area contributed by atoms with E-state index < -0.39 is 0 Å². The standard InChI is InChI=1S/C13H22N2/c1-9(2)11(4)8-15-13-6-5-12(14)7-10(13)3/h5-7,9,11,15H,8,14H2,1-4H3. The third-order valence-electron chi connectivity index (χ3n) is 3.00. The van der Waals surface area contributed by atoms with E-state index in [4.69, 9.17) is 5.73 Å². The lowest BCUT2D eigenvalue weighted by atomic mass is 9.98. The molecule has 0 aliphatic rings. The first-order valence-corrected chi connectivity index (χ1v) is 5.60. The first-order chi connectivity index (χ1) is 7.00. The summed E-state index contributed by atoms with van der Waals surface area (Å²) >= 11 is 0. The summed E-state index contributed by atoms with van der Waals surface area (Å²) in [7, 11) is 0. The van der Waals surface area contributed by atoms with Crippen LogP contribution in [0.1, 0.15) is 26.3 Å². The smallest absolute Gasteiger partial charge is 0.0371 e. The number of aryl methyl sites for hydroxylation is 1. The normalized spacial score (nSPS) is 12.9. The Morgan fingerprint density at radius 1 is 1.27 bits per heavy atom. The predicted octanol–water partition coefficient (Wildman–Crippen LogP) is 3.28. The maximum absolute atomic E-state index is 5.70. The highest BCUT2D eigenvalue weighted by Gasteiger charge is 2.07. The molecule has 0 bridgehead atoms. The molecule has 0 saturated carbocycles. The van der Waals surface area contributed by atoms with E-state index in [1.165, 1.54) is 11.3 Å². The summed E-state index contributed by atoms with van der Waals surface area (Å²) in [6, 6.07) is 6.00. The average Bonchev–Trinajstić information content (AvgIpc) is 2.15. The predicted molar refractivity (Wildman–Crippen MR) is 68.1 cm³/mol. The van der Waals surface area contributed by atoms with Gasteiger partial charge < -0.3 is 11.1 Å². The van der Waals surface area contributed by atoms with E-state index in [-0.39, 0.29) is 0 Å². The Morgan fingerprint density at radius 3 is 2.47 bits per heavy atom. The van der Waals surface area contributed by atoms with Gasteiger partial charge in [-0.05, 0) is 42.5 Å². The summed E-state index contributed by atoms with van der Waals surface area (Å²) in [5.41, 5.74) is 8.94. The molecule has 0 amide bonds. The van der Waals surface area contributed by atoms with Crippen molar-refractivity contribution in [2.24, 2.45) is 11.8 Å². The van der Waals surface area contributed by atoms with Crippen LogP contribution in [0.2, 0.25) is 0 Å². The van der Waals surface area contributed by atoms with Gasteiger partial charge in [-0.15, -0.1) is 0 Å². The van der Waals surface area contributed by atoms with Gasteiger partial charge in [0.05, 0.1) is 0 Å². The van der Waals surface area contributed by atoms with Crippen molar-refractivity contribution in [3.63, 3.8) is 0 Å². The fourth-order valence-corrected chi connectivity index (χ4v) is 1.39. The van der Waals surface area contributed by atoms with Crippen LogP contribution in [0.25, 0.3) is 0 Å². The zero-order valence-corrected chi connectivity index (χ0v) is 10.2. The van der Waals surface area contributed by atoms with Crippen molar-refractivity contribution in [3.05, 3.63) is 23.8 Å². The van der Waals surface area contributed by atoms with Gasteiger partial charge in [0.25, 0.3) is 0 Å². The largest absolute Gasteiger partial charge is 0.399 e. The molecule has 1 atom stereocenters. The third kappa shape index (κ3) is 3.46. The minimum Gasteiger partial charge on any atom is -0.399 e. The van der Waals surface area contributed by atoms with Crippen molar-refractivity contribution in [1.82, 2.24) is 0 Å². The summed E-state index contributed by atoms with van der Waals surface area (Å²) in [6.07, 6.45) is 0. The molecule has 0 saturated heterocycles. The van der Waals surface area contributed by atoms with Crippen molar-refractivity contribution in [3.8, 4) is 0 Å². The molecule has 3 N–H and O–H groups in total. The van der Waals surface area contributed by atoms with E-state index in [1.807, 2.05) is 12.1 Å². The molecular weight excluding hydrogens is 184 g/mol. The molecule has 1 unspecified atom stereocenters. The topological polar surface area (TPSA) is 38.0 Å². The van der Waals surface area contributed by atoms with Crippen molar-refractivity contribution >= 4 is 11.4 Å². The lowest BCUT2D eigenvalue weighted by Crippen LogP contribution is -2.16. The molecule has 84 valence electrons. The minimum atomic E-state index is 0.682. The molecule has 1 rings (SSSR count). The molecule has 0 aliphatic carbocycles. The lowest BCUT2D eigenvalue weighted by molar-refractivity contribution is 0.439. The van der Waals surface area contributed by atoms with E-state index >= 15 is 0 Å². The molecule has 15 heavy (non-hydrogen) atoms. The molecule has 0 radical (unpaired) electrons. The van der Waals surface area contributed by atoms with Crippen LogP contribution in [0.5, 0.6) is 0 Å². The number of nitrogens with one attached hydrogen (secondary N) is 1. The fraction of sp³-hybridized carbons (Fsp3) is 0.538. The van der Waals surface area contributed by atoms with Crippen molar-refractivity contribution in [2.45, 2.75) is 27.7 Å². The summed E-state index contributed by atoms with van der Waals surface area (Å²) in [5, 5.41) is 3.47. The van der Waals surface area contributed by atoms with Gasteiger partial charge in [0, 0.05) is 17.9 Å². The second kappa shape index (κ2) is 5.06. The number of nitrogen functional groups attached to an aromatic ring is 1. The molecule has 0 aliphatic heterocycles. The zero-order chi connectivity index (χ0) is 11.4. The van der Waals surface area contributed by atoms with E-state index in [0.29, 0.717) is 11.8 Å². The SMILES string of the molecule is Cc1cc(N)ccc1NCC(C)C(C)C. The average molecular weight is 206 g/mol. The van der Waals surface area contributed by atoms with E-state index in [2.05, 4.69) is 39.1 Å². The van der Waals surface area contributed by atoms with Crippen LogP contribution in [-0.2, 0) is 0 Å². The summed E-state index contributed by atoms with van der Waals surface area (Å²) in [4.78, 5) is 0. The summed E-state index contributed by atoms with van der Waals surface area (Å²) < 4.78 is 0. The van der Waals surface area contributed by atoms with Crippen LogP contribution in [0.4, 0.5) is 11.4 Å². The summed E-state index contributed by atoms with van der Waals surface area (Å²) in [6.45, 7) is 9.87. The second-order valence-corrected chi connectivity index (χ2v) is 4.68. The summed E-state index contributed by atoms with van der Waals surface area (Å²) in [5.74, 6) is 1.40. The zero-order valence-electron chi connectivity index (χ0n) is 10.2. The van der Waals surface area contributed by atoms with Gasteiger partial charge >= 0.3 is 0 Å². The quantitative estimate of drug-likeness (QED) is 0.742. The highest BCUT2D eigenvalue weighted by molar-refractivity contribution is 5.57. The van der Waals surface area contributed by atoms with Crippen LogP contribution < -0.4 is 11.1 Å². The van der Waals surface area contributed by atoms with Crippen LogP contribution in [0.3, 0.4) is 0 Å². The Balaban J connectivity index is 2.58. The number of nitrogens with two attached hydrogens (primary N) is 1. The molecular formula is C13H22N2. The van der Waals surface area contributed by atoms with Crippen LogP contribution >= 0.6 is 0 Å². The van der Waals surface area contributed by atoms with Gasteiger partial charge in [-0.3, -0.25) is 0 Å². The van der Waals surface area contributed by atoms with Gasteiger partial charge in [0.2, 0.25) is 0 Å². The maximum atomic E-state index is 5.70. The van der Waals surface area contributed by atoms with E-state index in [1.54, 1.807) is 0 Å². The Kier molecular flexibility index (Phi) is 4.01. The molecule has 2 nitrogen and oxygen atoms in total. The number of rotatable bonds is 4. The number of hydrogen-bond acceptors (Lipinski definition) is 2. The molecule has 0 heterocycles. The van der Waals surface area contributed by atoms with E-state index in [9.17, 15) is 0 Å². The van der Waals surface area contributed by atoms with Crippen LogP contribution in [0, 0.1) is 18.8 Å². The minimum absolute atomic E-state index is 0.682. The maximum Gasteiger partial charge on any atom is 0.0371 e. The first kappa shape index (κ1) is 11.9. The van der Waals surface area contributed by atoms with Crippen molar-refractivity contribution < 1.29 is 0 Å². The van der Waals surface area contributed by atoms with Gasteiger partial charge in [-0.2, -0.15) is 0 Å². The van der Waals surface area contributed by atoms with Gasteiger partial charge in [0.1, 0.15) is 0 Å². The molecule has 2 heteroatoms. The van der Waals surface area contributed by atoms with Gasteiger partial charge in [-0.25, -0.2) is 0 Å². The highest BCUT2D eigenvalue weighted by Crippen LogP contribution is 2.19. The molecule has 1 aromatic rings. The van der Waals surface area contributed by atoms with E-state index in [0.717, 1.165) is 12.2 Å².